The summed E-state index contributed by atoms with van der Waals surface area (Å²) in [5.41, 5.74) is 1.45. The number of aliphatic imine (C=N–C) groups is 1. The lowest BCUT2D eigenvalue weighted by Gasteiger charge is -2.10. The van der Waals surface area contributed by atoms with Crippen molar-refractivity contribution >= 4 is 23.4 Å². The molecule has 0 saturated heterocycles. The van der Waals surface area contributed by atoms with Crippen LogP contribution >= 0.6 is 11.6 Å². The largest absolute Gasteiger partial charge is 0.858 e. The lowest BCUT2D eigenvalue weighted by atomic mass is 10.2. The number of rotatable bonds is 5. The molecule has 7 heteroatoms. The molecule has 0 amide bonds. The lowest BCUT2D eigenvalue weighted by Crippen LogP contribution is -2.55. The maximum atomic E-state index is 12.1. The van der Waals surface area contributed by atoms with E-state index in [1.807, 2.05) is 42.4 Å². The van der Waals surface area contributed by atoms with Gasteiger partial charge in [0.05, 0.1) is 11.8 Å². The molecule has 0 saturated carbocycles. The van der Waals surface area contributed by atoms with Gasteiger partial charge < -0.3 is 5.11 Å². The molecule has 0 N–H and O–H groups in total. The van der Waals surface area contributed by atoms with E-state index in [9.17, 15) is 5.11 Å². The highest BCUT2D eigenvalue weighted by molar-refractivity contribution is 6.33. The van der Waals surface area contributed by atoms with Crippen molar-refractivity contribution in [1.82, 2.24) is 5.27 Å². The first-order valence-corrected chi connectivity index (χ1v) is 7.66. The summed E-state index contributed by atoms with van der Waals surface area (Å²) in [5, 5.41) is 18.2. The van der Waals surface area contributed by atoms with E-state index in [0.717, 1.165) is 5.56 Å². The van der Waals surface area contributed by atoms with E-state index in [4.69, 9.17) is 16.1 Å². The van der Waals surface area contributed by atoms with Crippen LogP contribution in [0, 0.1) is 0 Å². The Balaban J connectivity index is 1.75. The Hall–Kier alpha value is -2.86. The summed E-state index contributed by atoms with van der Waals surface area (Å²) in [6.45, 7) is 0.635. The van der Waals surface area contributed by atoms with Crippen LogP contribution in [0.5, 0.6) is 0 Å². The molecular formula is C17H15ClN4O2. The van der Waals surface area contributed by atoms with E-state index < -0.39 is 5.90 Å². The third-order valence-corrected chi connectivity index (χ3v) is 3.69. The monoisotopic (exact) mass is 342 g/mol. The van der Waals surface area contributed by atoms with Gasteiger partial charge in [-0.05, 0) is 11.6 Å². The van der Waals surface area contributed by atoms with Gasteiger partial charge in [0.25, 0.3) is 6.20 Å². The van der Waals surface area contributed by atoms with Gasteiger partial charge in [-0.3, -0.25) is 4.52 Å². The quantitative estimate of drug-likeness (QED) is 0.403. The minimum absolute atomic E-state index is 0.111. The predicted octanol–water partition coefficient (Wildman–Crippen LogP) is 1.82. The summed E-state index contributed by atoms with van der Waals surface area (Å²) < 4.78 is 5.10. The van der Waals surface area contributed by atoms with Crippen molar-refractivity contribution in [2.45, 2.75) is 6.54 Å². The molecule has 0 spiro atoms. The van der Waals surface area contributed by atoms with Gasteiger partial charge in [-0.25, -0.2) is 4.99 Å². The SMILES string of the molecule is CN(Cc1ccccc1)[n+]1cc(/N=C(/[O-])c2ccccc2Cl)on1. The van der Waals surface area contributed by atoms with Gasteiger partial charge in [0, 0.05) is 16.5 Å². The number of aromatic nitrogens is 2. The van der Waals surface area contributed by atoms with E-state index in [1.165, 1.54) is 11.0 Å². The fourth-order valence-electron chi connectivity index (χ4n) is 2.15. The molecule has 122 valence electrons. The Bertz CT molecular complexity index is 849. The Morgan fingerprint density at radius 2 is 1.92 bits per heavy atom. The van der Waals surface area contributed by atoms with E-state index >= 15 is 0 Å². The topological polar surface area (TPSA) is 68.6 Å². The molecule has 3 aromatic rings. The van der Waals surface area contributed by atoms with Gasteiger partial charge in [-0.15, -0.1) is 0 Å². The van der Waals surface area contributed by atoms with Gasteiger partial charge in [-0.1, -0.05) is 60.1 Å². The Kier molecular flexibility index (Phi) is 4.77. The third-order valence-electron chi connectivity index (χ3n) is 3.36. The highest BCUT2D eigenvalue weighted by atomic mass is 35.5. The number of hydrogen-bond donors (Lipinski definition) is 0. The molecule has 24 heavy (non-hydrogen) atoms. The maximum absolute atomic E-state index is 12.1. The number of halogens is 1. The molecule has 0 aliphatic carbocycles. The average Bonchev–Trinajstić information content (AvgIpc) is 3.05. The van der Waals surface area contributed by atoms with Crippen LogP contribution in [0.2, 0.25) is 5.02 Å². The summed E-state index contributed by atoms with van der Waals surface area (Å²) in [6.07, 6.45) is 1.54. The van der Waals surface area contributed by atoms with Crippen molar-refractivity contribution in [3.05, 3.63) is 76.9 Å². The summed E-state index contributed by atoms with van der Waals surface area (Å²) >= 11 is 5.99. The van der Waals surface area contributed by atoms with E-state index in [0.29, 0.717) is 17.1 Å². The number of benzene rings is 2. The van der Waals surface area contributed by atoms with Crippen molar-refractivity contribution in [2.24, 2.45) is 4.99 Å². The zero-order valence-electron chi connectivity index (χ0n) is 13.0. The highest BCUT2D eigenvalue weighted by Gasteiger charge is 2.16. The molecule has 6 nitrogen and oxygen atoms in total. The summed E-state index contributed by atoms with van der Waals surface area (Å²) in [5.74, 6) is -0.366. The lowest BCUT2D eigenvalue weighted by molar-refractivity contribution is -0.757. The van der Waals surface area contributed by atoms with E-state index in [2.05, 4.69) is 10.3 Å². The van der Waals surface area contributed by atoms with Gasteiger partial charge >= 0.3 is 5.88 Å². The molecule has 0 aliphatic heterocycles. The van der Waals surface area contributed by atoms with Crippen molar-refractivity contribution in [3.8, 4) is 0 Å². The summed E-state index contributed by atoms with van der Waals surface area (Å²) in [7, 11) is 1.86. The van der Waals surface area contributed by atoms with Gasteiger partial charge in [-0.2, -0.15) is 5.01 Å². The average molecular weight is 343 g/mol. The molecule has 1 heterocycles. The van der Waals surface area contributed by atoms with Crippen LogP contribution in [0.4, 0.5) is 5.88 Å². The van der Waals surface area contributed by atoms with Crippen LogP contribution in [0.1, 0.15) is 11.1 Å². The number of hydrogen-bond acceptors (Lipinski definition) is 5. The zero-order chi connectivity index (χ0) is 16.9. The van der Waals surface area contributed by atoms with Crippen molar-refractivity contribution in [3.63, 3.8) is 0 Å². The first kappa shape index (κ1) is 16.0. The Labute approximate surface area is 144 Å². The van der Waals surface area contributed by atoms with Crippen LogP contribution in [-0.2, 0) is 6.54 Å². The second kappa shape index (κ2) is 7.14. The second-order valence-corrected chi connectivity index (χ2v) is 5.57. The van der Waals surface area contributed by atoms with Gasteiger partial charge in [0.15, 0.2) is 0 Å². The highest BCUT2D eigenvalue weighted by Crippen LogP contribution is 2.16. The Morgan fingerprint density at radius 3 is 2.67 bits per heavy atom. The molecular weight excluding hydrogens is 328 g/mol. The zero-order valence-corrected chi connectivity index (χ0v) is 13.7. The molecule has 2 aromatic carbocycles. The standard InChI is InChI=1S/C17H15ClN4O2/c1-21(11-13-7-3-2-4-8-13)22-12-16(24-20-22)19-17(23)14-9-5-6-10-15(14)18/h2-10,12H,11H2,1H3. The van der Waals surface area contributed by atoms with Crippen LogP contribution in [-0.4, -0.2) is 18.2 Å². The fourth-order valence-corrected chi connectivity index (χ4v) is 2.37. The molecule has 0 bridgehead atoms. The molecule has 0 radical (unpaired) electrons. The van der Waals surface area contributed by atoms with Gasteiger partial charge in [0.1, 0.15) is 6.54 Å². The summed E-state index contributed by atoms with van der Waals surface area (Å²) in [6, 6.07) is 16.7. The van der Waals surface area contributed by atoms with E-state index in [-0.39, 0.29) is 5.88 Å². The normalized spacial score (nSPS) is 11.5. The predicted molar refractivity (Wildman–Crippen MR) is 88.6 cm³/mol. The third kappa shape index (κ3) is 3.72. The fraction of sp³-hybridized carbons (Fsp3) is 0.118. The van der Waals surface area contributed by atoms with Gasteiger partial charge in [0.2, 0.25) is 5.27 Å². The maximum Gasteiger partial charge on any atom is 0.324 e. The van der Waals surface area contributed by atoms with Crippen molar-refractivity contribution in [2.75, 3.05) is 12.1 Å². The minimum Gasteiger partial charge on any atom is -0.858 e. The van der Waals surface area contributed by atoms with Crippen molar-refractivity contribution < 1.29 is 14.4 Å². The van der Waals surface area contributed by atoms with Crippen LogP contribution in [0.3, 0.4) is 0 Å². The summed E-state index contributed by atoms with van der Waals surface area (Å²) in [4.78, 5) is 5.39. The molecule has 3 rings (SSSR count). The first-order valence-electron chi connectivity index (χ1n) is 7.28. The van der Waals surface area contributed by atoms with Crippen LogP contribution in [0.15, 0.2) is 70.3 Å². The van der Waals surface area contributed by atoms with Crippen LogP contribution in [0.25, 0.3) is 0 Å². The molecule has 0 fully saturated rings. The smallest absolute Gasteiger partial charge is 0.324 e. The second-order valence-electron chi connectivity index (χ2n) is 5.16. The molecule has 0 atom stereocenters. The molecule has 1 aromatic heterocycles. The molecule has 0 aliphatic rings. The molecule has 0 unspecified atom stereocenters. The van der Waals surface area contributed by atoms with Crippen molar-refractivity contribution in [1.29, 1.82) is 0 Å². The first-order chi connectivity index (χ1) is 11.6. The van der Waals surface area contributed by atoms with Crippen LogP contribution < -0.4 is 14.9 Å². The Morgan fingerprint density at radius 1 is 1.21 bits per heavy atom. The van der Waals surface area contributed by atoms with E-state index in [1.54, 1.807) is 24.3 Å². The minimum atomic E-state index is -0.477. The number of nitrogens with zero attached hydrogens (tertiary/aromatic N) is 4.